The fraction of sp³-hybridized carbons (Fsp3) is 0.500. The van der Waals surface area contributed by atoms with E-state index < -0.39 is 0 Å². The summed E-state index contributed by atoms with van der Waals surface area (Å²) in [5.74, 6) is 0.721. The van der Waals surface area contributed by atoms with E-state index in [9.17, 15) is 4.79 Å². The maximum atomic E-state index is 12.5. The van der Waals surface area contributed by atoms with E-state index in [1.807, 2.05) is 18.2 Å². The van der Waals surface area contributed by atoms with Crippen molar-refractivity contribution in [2.75, 3.05) is 13.1 Å². The highest BCUT2D eigenvalue weighted by atomic mass is 16.2. The van der Waals surface area contributed by atoms with Crippen LogP contribution < -0.4 is 5.32 Å². The molecule has 2 N–H and O–H groups in total. The summed E-state index contributed by atoms with van der Waals surface area (Å²) in [6.07, 6.45) is 3.77. The molecule has 0 radical (unpaired) electrons. The summed E-state index contributed by atoms with van der Waals surface area (Å²) in [6, 6.07) is 10.3. The zero-order valence-electron chi connectivity index (χ0n) is 13.1. The predicted octanol–water partition coefficient (Wildman–Crippen LogP) is 0.913. The number of likely N-dealkylation sites (tertiary alicyclic amines) is 1. The Morgan fingerprint density at radius 1 is 1.30 bits per heavy atom. The number of hydrogen-bond donors (Lipinski definition) is 2. The van der Waals surface area contributed by atoms with Gasteiger partial charge in [0, 0.05) is 19.5 Å². The van der Waals surface area contributed by atoms with Crippen molar-refractivity contribution in [3.8, 4) is 0 Å². The summed E-state index contributed by atoms with van der Waals surface area (Å²) in [5.41, 5.74) is 1.25. The molecule has 7 nitrogen and oxygen atoms in total. The Morgan fingerprint density at radius 3 is 2.96 bits per heavy atom. The van der Waals surface area contributed by atoms with E-state index >= 15 is 0 Å². The van der Waals surface area contributed by atoms with Crippen LogP contribution >= 0.6 is 0 Å². The standard InChI is InChI=1S/C16H22N6O/c23-16(17-10-9-15-18-20-21-19-15)14-8-4-5-11-22(14)12-13-6-2-1-3-7-13/h1-3,6-7,14H,4-5,8-12H2,(H,17,23)(H,18,19,20,21). The molecule has 0 saturated carbocycles. The molecule has 1 saturated heterocycles. The van der Waals surface area contributed by atoms with Crippen LogP contribution in [-0.4, -0.2) is 50.6 Å². The number of amides is 1. The summed E-state index contributed by atoms with van der Waals surface area (Å²) in [5, 5.41) is 16.7. The minimum absolute atomic E-state index is 0.0470. The topological polar surface area (TPSA) is 86.8 Å². The van der Waals surface area contributed by atoms with E-state index in [4.69, 9.17) is 0 Å². The Hall–Kier alpha value is -2.28. The zero-order chi connectivity index (χ0) is 15.9. The fourth-order valence-electron chi connectivity index (χ4n) is 3.00. The lowest BCUT2D eigenvalue weighted by molar-refractivity contribution is -0.127. The van der Waals surface area contributed by atoms with Crippen molar-refractivity contribution in [2.45, 2.75) is 38.3 Å². The van der Waals surface area contributed by atoms with E-state index in [0.29, 0.717) is 18.8 Å². The van der Waals surface area contributed by atoms with Gasteiger partial charge in [0.25, 0.3) is 0 Å². The van der Waals surface area contributed by atoms with Crippen molar-refractivity contribution in [1.29, 1.82) is 0 Å². The lowest BCUT2D eigenvalue weighted by Crippen LogP contribution is -2.49. The van der Waals surface area contributed by atoms with Gasteiger partial charge in [0.1, 0.15) is 0 Å². The molecule has 0 spiro atoms. The number of nitrogens with one attached hydrogen (secondary N) is 2. The first-order chi connectivity index (χ1) is 11.3. The summed E-state index contributed by atoms with van der Waals surface area (Å²) < 4.78 is 0. The highest BCUT2D eigenvalue weighted by Gasteiger charge is 2.28. The molecular weight excluding hydrogens is 292 g/mol. The monoisotopic (exact) mass is 314 g/mol. The third-order valence-electron chi connectivity index (χ3n) is 4.18. The smallest absolute Gasteiger partial charge is 0.237 e. The molecule has 1 aromatic carbocycles. The van der Waals surface area contributed by atoms with E-state index in [0.717, 1.165) is 32.4 Å². The van der Waals surface area contributed by atoms with Gasteiger partial charge < -0.3 is 5.32 Å². The van der Waals surface area contributed by atoms with Gasteiger partial charge >= 0.3 is 0 Å². The summed E-state index contributed by atoms with van der Waals surface area (Å²) in [4.78, 5) is 14.8. The number of aromatic nitrogens is 4. The number of hydrogen-bond acceptors (Lipinski definition) is 5. The van der Waals surface area contributed by atoms with Gasteiger partial charge in [-0.05, 0) is 24.9 Å². The van der Waals surface area contributed by atoms with Gasteiger partial charge in [-0.15, -0.1) is 10.2 Å². The Kier molecular flexibility index (Phi) is 5.31. The van der Waals surface area contributed by atoms with Crippen LogP contribution in [0.3, 0.4) is 0 Å². The van der Waals surface area contributed by atoms with Crippen LogP contribution in [0.2, 0.25) is 0 Å². The normalized spacial score (nSPS) is 18.7. The molecule has 7 heteroatoms. The number of aromatic amines is 1. The van der Waals surface area contributed by atoms with Crippen molar-refractivity contribution in [2.24, 2.45) is 0 Å². The van der Waals surface area contributed by atoms with Crippen molar-refractivity contribution in [1.82, 2.24) is 30.8 Å². The molecule has 1 aliphatic heterocycles. The van der Waals surface area contributed by atoms with Gasteiger partial charge in [-0.1, -0.05) is 42.0 Å². The SMILES string of the molecule is O=C(NCCc1nn[nH]n1)C1CCCCN1Cc1ccccc1. The number of tetrazole rings is 1. The number of carbonyl (C=O) groups excluding carboxylic acids is 1. The number of H-pyrrole nitrogens is 1. The molecule has 1 aromatic heterocycles. The van der Waals surface area contributed by atoms with Crippen LogP contribution in [-0.2, 0) is 17.8 Å². The van der Waals surface area contributed by atoms with E-state index in [-0.39, 0.29) is 11.9 Å². The molecule has 1 amide bonds. The average Bonchev–Trinajstić information content (AvgIpc) is 3.09. The van der Waals surface area contributed by atoms with Crippen LogP contribution in [0.15, 0.2) is 30.3 Å². The Labute approximate surface area is 135 Å². The van der Waals surface area contributed by atoms with Crippen LogP contribution in [0, 0.1) is 0 Å². The third kappa shape index (κ3) is 4.35. The molecule has 1 atom stereocenters. The van der Waals surface area contributed by atoms with Gasteiger partial charge in [-0.2, -0.15) is 5.21 Å². The quantitative estimate of drug-likeness (QED) is 0.828. The summed E-state index contributed by atoms with van der Waals surface area (Å²) in [7, 11) is 0. The van der Waals surface area contributed by atoms with Gasteiger partial charge in [0.05, 0.1) is 6.04 Å². The van der Waals surface area contributed by atoms with Gasteiger partial charge in [0.15, 0.2) is 5.82 Å². The first kappa shape index (κ1) is 15.6. The summed E-state index contributed by atoms with van der Waals surface area (Å²) >= 11 is 0. The molecule has 2 heterocycles. The second-order valence-electron chi connectivity index (χ2n) is 5.84. The van der Waals surface area contributed by atoms with Crippen molar-refractivity contribution in [3.63, 3.8) is 0 Å². The van der Waals surface area contributed by atoms with Gasteiger partial charge in [0.2, 0.25) is 5.91 Å². The lowest BCUT2D eigenvalue weighted by atomic mass is 10.0. The second-order valence-corrected chi connectivity index (χ2v) is 5.84. The van der Waals surface area contributed by atoms with Crippen LogP contribution in [0.4, 0.5) is 0 Å². The van der Waals surface area contributed by atoms with Gasteiger partial charge in [-0.3, -0.25) is 9.69 Å². The van der Waals surface area contributed by atoms with E-state index in [1.54, 1.807) is 0 Å². The van der Waals surface area contributed by atoms with E-state index in [2.05, 4.69) is 43.0 Å². The number of benzene rings is 1. The molecule has 1 aliphatic rings. The molecule has 1 fully saturated rings. The maximum Gasteiger partial charge on any atom is 0.237 e. The largest absolute Gasteiger partial charge is 0.354 e. The highest BCUT2D eigenvalue weighted by molar-refractivity contribution is 5.81. The number of carbonyl (C=O) groups is 1. The number of nitrogens with zero attached hydrogens (tertiary/aromatic N) is 4. The average molecular weight is 314 g/mol. The number of piperidine rings is 1. The van der Waals surface area contributed by atoms with E-state index in [1.165, 1.54) is 5.56 Å². The van der Waals surface area contributed by atoms with Crippen LogP contribution in [0.5, 0.6) is 0 Å². The zero-order valence-corrected chi connectivity index (χ0v) is 13.1. The first-order valence-corrected chi connectivity index (χ1v) is 8.11. The second kappa shape index (κ2) is 7.82. The Balaban J connectivity index is 1.53. The van der Waals surface area contributed by atoms with Crippen LogP contribution in [0.1, 0.15) is 30.7 Å². The highest BCUT2D eigenvalue weighted by Crippen LogP contribution is 2.19. The molecule has 0 bridgehead atoms. The van der Waals surface area contributed by atoms with Gasteiger partial charge in [-0.25, -0.2) is 0 Å². The fourth-order valence-corrected chi connectivity index (χ4v) is 3.00. The molecule has 23 heavy (non-hydrogen) atoms. The predicted molar refractivity (Wildman–Crippen MR) is 85.4 cm³/mol. The number of rotatable bonds is 6. The summed E-state index contributed by atoms with van der Waals surface area (Å²) in [6.45, 7) is 2.33. The van der Waals surface area contributed by atoms with Crippen molar-refractivity contribution in [3.05, 3.63) is 41.7 Å². The molecule has 1 unspecified atom stereocenters. The third-order valence-corrected chi connectivity index (χ3v) is 4.18. The Morgan fingerprint density at radius 2 is 2.17 bits per heavy atom. The molecule has 122 valence electrons. The molecular formula is C16H22N6O. The first-order valence-electron chi connectivity index (χ1n) is 8.11. The maximum absolute atomic E-state index is 12.5. The molecule has 2 aromatic rings. The van der Waals surface area contributed by atoms with Crippen molar-refractivity contribution < 1.29 is 4.79 Å². The molecule has 3 rings (SSSR count). The Bertz CT molecular complexity index is 600. The van der Waals surface area contributed by atoms with Crippen molar-refractivity contribution >= 4 is 5.91 Å². The lowest BCUT2D eigenvalue weighted by Gasteiger charge is -2.34. The minimum atomic E-state index is -0.0470. The molecule has 0 aliphatic carbocycles. The minimum Gasteiger partial charge on any atom is -0.354 e. The van der Waals surface area contributed by atoms with Crippen LogP contribution in [0.25, 0.3) is 0 Å².